The molecule has 0 bridgehead atoms. The van der Waals surface area contributed by atoms with Crippen LogP contribution in [-0.2, 0) is 27.7 Å². The highest BCUT2D eigenvalue weighted by Gasteiger charge is 2.24. The highest BCUT2D eigenvalue weighted by Crippen LogP contribution is 2.49. The van der Waals surface area contributed by atoms with E-state index in [0.717, 1.165) is 38.5 Å². The molecule has 0 radical (unpaired) electrons. The van der Waals surface area contributed by atoms with Crippen molar-refractivity contribution in [2.24, 2.45) is 0 Å². The van der Waals surface area contributed by atoms with E-state index in [1.165, 1.54) is 16.7 Å². The van der Waals surface area contributed by atoms with Gasteiger partial charge >= 0.3 is 7.82 Å². The summed E-state index contributed by atoms with van der Waals surface area (Å²) in [6.07, 6.45) is 17.9. The number of amides is 1. The predicted octanol–water partition coefficient (Wildman–Crippen LogP) is 8.12. The van der Waals surface area contributed by atoms with Crippen molar-refractivity contribution in [2.75, 3.05) is 33.0 Å². The van der Waals surface area contributed by atoms with Crippen LogP contribution in [0.3, 0.4) is 0 Å². The number of allylic oxidation sites excluding steroid dienone is 7. The first kappa shape index (κ1) is 34.1. The number of hydrogen-bond donors (Lipinski definition) is 1. The number of nitrogens with one attached hydrogen (secondary N) is 1. The fourth-order valence-electron chi connectivity index (χ4n) is 3.74. The molecule has 0 aromatic carbocycles. The van der Waals surface area contributed by atoms with Gasteiger partial charge in [-0.15, -0.1) is 0 Å². The zero-order valence-corrected chi connectivity index (χ0v) is 25.4. The molecule has 0 aromatic heterocycles. The molecule has 1 aliphatic rings. The number of phosphoric acid groups is 1. The Morgan fingerprint density at radius 3 is 2.18 bits per heavy atom. The highest BCUT2D eigenvalue weighted by atomic mass is 31.2. The molecule has 1 N–H and O–H groups in total. The van der Waals surface area contributed by atoms with Gasteiger partial charge in [0.2, 0.25) is 0 Å². The largest absolute Gasteiger partial charge is 0.489 e. The zero-order valence-electron chi connectivity index (χ0n) is 24.5. The minimum atomic E-state index is -3.48. The Bertz CT molecular complexity index is 902. The van der Waals surface area contributed by atoms with Crippen molar-refractivity contribution in [2.45, 2.75) is 92.9 Å². The van der Waals surface area contributed by atoms with Crippen molar-refractivity contribution in [1.82, 2.24) is 5.32 Å². The summed E-state index contributed by atoms with van der Waals surface area (Å²) >= 11 is 0. The molecule has 0 fully saturated rings. The van der Waals surface area contributed by atoms with Crippen LogP contribution in [0.25, 0.3) is 0 Å². The molecular formula is C30H50NO6P. The Morgan fingerprint density at radius 1 is 0.895 bits per heavy atom. The molecule has 0 aliphatic heterocycles. The summed E-state index contributed by atoms with van der Waals surface area (Å²) in [5.41, 5.74) is 4.68. The molecule has 0 aromatic rings. The molecule has 0 spiro atoms. The molecule has 7 nitrogen and oxygen atoms in total. The van der Waals surface area contributed by atoms with Crippen LogP contribution in [0.5, 0.6) is 0 Å². The minimum absolute atomic E-state index is 0.138. The van der Waals surface area contributed by atoms with E-state index in [1.54, 1.807) is 13.8 Å². The molecule has 0 saturated carbocycles. The molecular weight excluding hydrogens is 501 g/mol. The normalized spacial score (nSPS) is 14.6. The number of unbranched alkanes of at least 4 members (excludes halogenated alkanes) is 1. The van der Waals surface area contributed by atoms with Crippen LogP contribution >= 0.6 is 7.82 Å². The molecule has 216 valence electrons. The van der Waals surface area contributed by atoms with Gasteiger partial charge < -0.3 is 10.1 Å². The van der Waals surface area contributed by atoms with Crippen LogP contribution in [-0.4, -0.2) is 38.9 Å². The van der Waals surface area contributed by atoms with E-state index in [2.05, 4.69) is 51.2 Å². The van der Waals surface area contributed by atoms with Crippen LogP contribution < -0.4 is 5.32 Å². The third-order valence-corrected chi connectivity index (χ3v) is 7.48. The van der Waals surface area contributed by atoms with E-state index in [1.807, 2.05) is 12.2 Å². The fraction of sp³-hybridized carbons (Fsp3) is 0.633. The van der Waals surface area contributed by atoms with Crippen LogP contribution in [0.15, 0.2) is 58.4 Å². The van der Waals surface area contributed by atoms with Gasteiger partial charge in [0.25, 0.3) is 5.91 Å². The second-order valence-corrected chi connectivity index (χ2v) is 11.3. The van der Waals surface area contributed by atoms with Crippen LogP contribution in [0.4, 0.5) is 0 Å². The second kappa shape index (κ2) is 20.0. The number of rotatable bonds is 20. The van der Waals surface area contributed by atoms with Crippen LogP contribution in [0.2, 0.25) is 0 Å². The maximum Gasteiger partial charge on any atom is 0.474 e. The number of phosphoric ester groups is 1. The van der Waals surface area contributed by atoms with Crippen molar-refractivity contribution in [1.29, 1.82) is 0 Å². The van der Waals surface area contributed by atoms with E-state index in [4.69, 9.17) is 18.3 Å². The molecule has 0 heterocycles. The molecule has 0 unspecified atom stereocenters. The maximum atomic E-state index is 12.7. The minimum Gasteiger partial charge on any atom is -0.489 e. The molecule has 1 rings (SSSR count). The summed E-state index contributed by atoms with van der Waals surface area (Å²) in [6, 6.07) is 0. The first-order chi connectivity index (χ1) is 18.2. The van der Waals surface area contributed by atoms with Gasteiger partial charge in [0.1, 0.15) is 12.4 Å². The summed E-state index contributed by atoms with van der Waals surface area (Å²) in [5.74, 6) is 0.506. The summed E-state index contributed by atoms with van der Waals surface area (Å²) in [7, 11) is -3.48. The van der Waals surface area contributed by atoms with E-state index in [-0.39, 0.29) is 25.7 Å². The Balaban J connectivity index is 2.37. The van der Waals surface area contributed by atoms with Gasteiger partial charge in [-0.05, 0) is 105 Å². The second-order valence-electron chi connectivity index (χ2n) is 9.61. The summed E-state index contributed by atoms with van der Waals surface area (Å²) < 4.78 is 33.8. The van der Waals surface area contributed by atoms with Crippen LogP contribution in [0, 0.1) is 0 Å². The molecule has 0 atom stereocenters. The highest BCUT2D eigenvalue weighted by molar-refractivity contribution is 7.48. The molecule has 8 heteroatoms. The summed E-state index contributed by atoms with van der Waals surface area (Å²) in [4.78, 5) is 12.7. The van der Waals surface area contributed by atoms with Gasteiger partial charge in [-0.3, -0.25) is 18.4 Å². The summed E-state index contributed by atoms with van der Waals surface area (Å²) in [6.45, 7) is 13.8. The van der Waals surface area contributed by atoms with E-state index in [9.17, 15) is 9.36 Å². The molecule has 1 aliphatic carbocycles. The molecule has 1 amide bonds. The lowest BCUT2D eigenvalue weighted by Gasteiger charge is -2.17. The Morgan fingerprint density at radius 2 is 1.53 bits per heavy atom. The predicted molar refractivity (Wildman–Crippen MR) is 156 cm³/mol. The SMILES string of the molecule is CCOP(=O)(OCC)OCCCCNC(=O)C1=CCCC=C1OC/C=C(\C)CC/C=C(\C)CCC=C(C)C. The quantitative estimate of drug-likeness (QED) is 0.0935. The molecule has 0 saturated heterocycles. The monoisotopic (exact) mass is 551 g/mol. The number of ether oxygens (including phenoxy) is 1. The van der Waals surface area contributed by atoms with Gasteiger partial charge in [0, 0.05) is 6.54 Å². The Labute approximate surface area is 231 Å². The number of carbonyl (C=O) groups excluding carboxylic acids is 1. The third-order valence-electron chi connectivity index (χ3n) is 5.83. The number of hydrogen-bond acceptors (Lipinski definition) is 6. The van der Waals surface area contributed by atoms with E-state index >= 15 is 0 Å². The van der Waals surface area contributed by atoms with Gasteiger partial charge in [-0.1, -0.05) is 34.9 Å². The first-order valence-corrected chi connectivity index (χ1v) is 15.5. The first-order valence-electron chi connectivity index (χ1n) is 14.0. The number of carbonyl (C=O) groups is 1. The third kappa shape index (κ3) is 15.5. The average molecular weight is 552 g/mol. The van der Waals surface area contributed by atoms with Gasteiger partial charge in [-0.25, -0.2) is 4.57 Å². The zero-order chi connectivity index (χ0) is 28.2. The lowest BCUT2D eigenvalue weighted by molar-refractivity contribution is -0.117. The standard InChI is InChI=1S/C30H50NO6P/c1-7-35-38(33,36-8-2)37-23-12-11-22-31-30(32)28-19-9-10-20-29(28)34-24-21-27(6)18-14-17-26(5)16-13-15-25(3)4/h15,17,19-21H,7-14,16,18,22-24H2,1-6H3,(H,31,32)/b26-17+,27-21+. The summed E-state index contributed by atoms with van der Waals surface area (Å²) in [5, 5.41) is 2.95. The fourth-order valence-corrected chi connectivity index (χ4v) is 4.94. The van der Waals surface area contributed by atoms with Crippen molar-refractivity contribution in [3.05, 3.63) is 58.4 Å². The lowest BCUT2D eigenvalue weighted by Crippen LogP contribution is -2.28. The lowest BCUT2D eigenvalue weighted by atomic mass is 10.0. The smallest absolute Gasteiger partial charge is 0.474 e. The van der Waals surface area contributed by atoms with Crippen molar-refractivity contribution < 1.29 is 27.7 Å². The van der Waals surface area contributed by atoms with Gasteiger partial charge in [-0.2, -0.15) is 0 Å². The van der Waals surface area contributed by atoms with Crippen molar-refractivity contribution >= 4 is 13.7 Å². The van der Waals surface area contributed by atoms with Crippen molar-refractivity contribution in [3.8, 4) is 0 Å². The van der Waals surface area contributed by atoms with E-state index < -0.39 is 7.82 Å². The maximum absolute atomic E-state index is 12.7. The Hall–Kier alpha value is -1.92. The van der Waals surface area contributed by atoms with Crippen molar-refractivity contribution in [3.63, 3.8) is 0 Å². The van der Waals surface area contributed by atoms with Crippen LogP contribution in [0.1, 0.15) is 92.9 Å². The van der Waals surface area contributed by atoms with Gasteiger partial charge in [0.05, 0.1) is 25.4 Å². The van der Waals surface area contributed by atoms with E-state index in [0.29, 0.717) is 37.3 Å². The molecule has 38 heavy (non-hydrogen) atoms. The van der Waals surface area contributed by atoms with Gasteiger partial charge in [0.15, 0.2) is 0 Å². The topological polar surface area (TPSA) is 83.1 Å². The average Bonchev–Trinajstić information content (AvgIpc) is 2.86. The Kier molecular flexibility index (Phi) is 18.0.